The summed E-state index contributed by atoms with van der Waals surface area (Å²) in [7, 11) is -8.60. The Labute approximate surface area is 466 Å². The van der Waals surface area contributed by atoms with E-state index in [1.54, 1.807) is 0 Å². The summed E-state index contributed by atoms with van der Waals surface area (Å²) in [4.78, 5) is 13.2. The number of carbonyl (C=O) groups is 1. The second-order valence-electron chi connectivity index (χ2n) is 23.2. The molecule has 1 aliphatic heterocycles. The third-order valence-electron chi connectivity index (χ3n) is 14.2. The number of hydrogen-bond donors (Lipinski definition) is 1. The second-order valence-corrected chi connectivity index (χ2v) is 32.2. The normalized spacial score (nSPS) is 21.9. The van der Waals surface area contributed by atoms with Gasteiger partial charge in [0.25, 0.3) is 0 Å². The highest BCUT2D eigenvalue weighted by atomic mass is 28.4. The van der Waals surface area contributed by atoms with Gasteiger partial charge in [0.15, 0.2) is 8.32 Å². The van der Waals surface area contributed by atoms with E-state index < -0.39 is 198 Å². The number of amides is 1. The molecule has 1 saturated heterocycles. The van der Waals surface area contributed by atoms with Crippen LogP contribution in [0.15, 0.2) is 12.3 Å². The lowest BCUT2D eigenvalue weighted by Crippen LogP contribution is -2.74. The summed E-state index contributed by atoms with van der Waals surface area (Å²) >= 11 is 0. The minimum atomic E-state index is -8.88. The van der Waals surface area contributed by atoms with Gasteiger partial charge in [-0.05, 0) is 62.2 Å². The third-order valence-corrected chi connectivity index (χ3v) is 20.3. The lowest BCUT2D eigenvalue weighted by Gasteiger charge is -2.54. The van der Waals surface area contributed by atoms with Crippen molar-refractivity contribution in [2.75, 3.05) is 26.2 Å². The molecule has 86 heavy (non-hydrogen) atoms. The fourth-order valence-corrected chi connectivity index (χ4v) is 15.1. The van der Waals surface area contributed by atoms with Crippen LogP contribution < -0.4 is 0 Å². The van der Waals surface area contributed by atoms with Gasteiger partial charge >= 0.3 is 101 Å². The Morgan fingerprint density at radius 2 is 0.907 bits per heavy atom. The van der Waals surface area contributed by atoms with E-state index in [0.717, 1.165) is 33.1 Å². The number of rotatable bonds is 28. The number of alkyl halides is 34. The maximum atomic E-state index is 15.4. The molecule has 1 N–H and O–H groups in total. The molecule has 1 aliphatic carbocycles. The van der Waals surface area contributed by atoms with E-state index in [1.165, 1.54) is 25.3 Å². The van der Waals surface area contributed by atoms with E-state index in [0.29, 0.717) is 4.90 Å². The summed E-state index contributed by atoms with van der Waals surface area (Å²) in [5.74, 6) is -117. The molecule has 0 aromatic carbocycles. The van der Waals surface area contributed by atoms with Crippen LogP contribution in [0, 0.1) is 10.8 Å². The van der Waals surface area contributed by atoms with E-state index in [2.05, 4.69) is 6.58 Å². The number of halogens is 34. The molecule has 2 rings (SSSR count). The molecule has 4 atom stereocenters. The number of ether oxygens (including phenoxy) is 2. The first-order chi connectivity index (χ1) is 37.2. The Hall–Kier alpha value is -3.26. The van der Waals surface area contributed by atoms with Crippen LogP contribution in [0.1, 0.15) is 59.8 Å². The molecule has 2 fully saturated rings. The molecule has 510 valence electrons. The van der Waals surface area contributed by atoms with Gasteiger partial charge in [0.05, 0.1) is 12.6 Å². The maximum absolute atomic E-state index is 15.4. The fourth-order valence-electron chi connectivity index (χ4n) is 9.89. The number of carboxylic acid groups (broad SMARTS) is 1. The summed E-state index contributed by atoms with van der Waals surface area (Å²) in [5, 5.41) is 10.3. The Morgan fingerprint density at radius 1 is 0.570 bits per heavy atom. The highest BCUT2D eigenvalue weighted by Gasteiger charge is 2.97. The first-order valence-electron chi connectivity index (χ1n) is 24.0. The van der Waals surface area contributed by atoms with Crippen molar-refractivity contribution in [1.29, 1.82) is 0 Å². The molecule has 43 heteroatoms. The zero-order valence-electron chi connectivity index (χ0n) is 45.0. The second kappa shape index (κ2) is 23.1. The standard InChI is InChI=1S/C43H52F34N2O5Si2/c1-21(84-86(8,9)13-11-29(46,47)31(50,51)33(54,55)35(58,59)37(62,63)39(66,67)41(70,71)43(75,76)77)16-78(25(80)81)20-27(5)15-23(14-26(3,4)19-27)79(17-24-82-18-22(2)83-24)85(6,7)12-10-28(44,45)30(48,49)32(52,53)34(56,57)36(60,61)38(64,65)40(68,69)42(72,73)74/h21,23-24H,2,10-20H2,1,3-9H3,(H,80,81). The molecule has 0 aromatic heterocycles. The Kier molecular flexibility index (Phi) is 21.2. The van der Waals surface area contributed by atoms with Gasteiger partial charge in [-0.25, -0.2) is 4.79 Å². The molecular weight excluding hydrogens is 1330 g/mol. The topological polar surface area (TPSA) is 71.5 Å². The molecule has 2 aliphatic rings. The van der Waals surface area contributed by atoms with Crippen molar-refractivity contribution in [2.45, 2.75) is 212 Å². The Morgan fingerprint density at radius 3 is 1.23 bits per heavy atom. The van der Waals surface area contributed by atoms with Crippen LogP contribution in [-0.4, -0.2) is 177 Å². The number of nitrogens with zero attached hydrogens (tertiary/aromatic N) is 2. The first kappa shape index (κ1) is 78.8. The average molecular weight is 1380 g/mol. The van der Waals surface area contributed by atoms with Crippen molar-refractivity contribution >= 4 is 22.6 Å². The van der Waals surface area contributed by atoms with Crippen molar-refractivity contribution in [1.82, 2.24) is 9.47 Å². The van der Waals surface area contributed by atoms with Crippen LogP contribution >= 0.6 is 0 Å². The van der Waals surface area contributed by atoms with Crippen LogP contribution in [0.25, 0.3) is 0 Å². The van der Waals surface area contributed by atoms with Gasteiger partial charge in [-0.2, -0.15) is 149 Å². The van der Waals surface area contributed by atoms with Crippen molar-refractivity contribution in [3.05, 3.63) is 12.3 Å². The van der Waals surface area contributed by atoms with E-state index in [-0.39, 0.29) is 25.0 Å². The van der Waals surface area contributed by atoms with Crippen LogP contribution in [0.4, 0.5) is 154 Å². The molecule has 0 bridgehead atoms. The molecule has 0 radical (unpaired) electrons. The van der Waals surface area contributed by atoms with Gasteiger partial charge in [-0.3, -0.25) is 0 Å². The average Bonchev–Trinajstić information content (AvgIpc) is 0.820. The molecule has 1 saturated carbocycles. The SMILES string of the molecule is C=C1COC(CN(C2CC(C)(C)CC(C)(CN(CC(C)O[Si](C)(C)CCC(F)(F)C(F)(F)C(F)(F)C(F)(F)C(F)(F)C(F)(F)C(F)(F)C(F)(F)F)C(=O)O)C2)[Si](C)(C)CCC(F)(F)C(F)(F)C(F)(F)C(F)(F)C(F)(F)C(F)(F)C(F)(F)C(F)(F)F)O1. The predicted molar refractivity (Wildman–Crippen MR) is 232 cm³/mol. The highest BCUT2D eigenvalue weighted by Crippen LogP contribution is 2.67. The molecule has 7 nitrogen and oxygen atoms in total. The quantitative estimate of drug-likeness (QED) is 0.0622. The molecule has 1 amide bonds. The van der Waals surface area contributed by atoms with E-state index in [1.807, 2.05) is 0 Å². The largest absolute Gasteiger partial charge is 0.466 e. The van der Waals surface area contributed by atoms with Crippen molar-refractivity contribution in [3.63, 3.8) is 0 Å². The van der Waals surface area contributed by atoms with Crippen LogP contribution in [0.2, 0.25) is 38.3 Å². The summed E-state index contributed by atoms with van der Waals surface area (Å²) in [6.07, 6.45) is -27.3. The molecule has 0 spiro atoms. The van der Waals surface area contributed by atoms with E-state index in [9.17, 15) is 142 Å². The van der Waals surface area contributed by atoms with Crippen molar-refractivity contribution in [3.8, 4) is 0 Å². The molecule has 4 unspecified atom stereocenters. The van der Waals surface area contributed by atoms with Gasteiger partial charge in [0, 0.05) is 32.0 Å². The Balaban J connectivity index is 2.51. The zero-order valence-corrected chi connectivity index (χ0v) is 47.0. The monoisotopic (exact) mass is 1380 g/mol. The first-order valence-corrected chi connectivity index (χ1v) is 30.3. The summed E-state index contributed by atoms with van der Waals surface area (Å²) in [6, 6.07) is -4.44. The van der Waals surface area contributed by atoms with Crippen LogP contribution in [0.5, 0.6) is 0 Å². The van der Waals surface area contributed by atoms with Gasteiger partial charge in [0.2, 0.25) is 6.29 Å². The minimum absolute atomic E-state index is 0.0910. The third kappa shape index (κ3) is 13.7. The minimum Gasteiger partial charge on any atom is -0.466 e. The zero-order chi connectivity index (χ0) is 68.9. The summed E-state index contributed by atoms with van der Waals surface area (Å²) in [6.45, 7) is 9.44. The highest BCUT2D eigenvalue weighted by molar-refractivity contribution is 6.74. The fraction of sp³-hybridized carbons (Fsp3) is 0.930. The predicted octanol–water partition coefficient (Wildman–Crippen LogP) is 17.4. The van der Waals surface area contributed by atoms with Gasteiger partial charge in [-0.1, -0.05) is 40.4 Å². The maximum Gasteiger partial charge on any atom is 0.460 e. The van der Waals surface area contributed by atoms with Crippen LogP contribution in [-0.2, 0) is 13.9 Å². The van der Waals surface area contributed by atoms with E-state index >= 15 is 17.6 Å². The lowest BCUT2D eigenvalue weighted by atomic mass is 9.62. The van der Waals surface area contributed by atoms with E-state index in [4.69, 9.17) is 13.9 Å². The van der Waals surface area contributed by atoms with Crippen molar-refractivity contribution < 1.29 is 173 Å². The molecule has 1 heterocycles. The summed E-state index contributed by atoms with van der Waals surface area (Å²) in [5.41, 5.74) is -2.59. The summed E-state index contributed by atoms with van der Waals surface area (Å²) < 4.78 is 493. The lowest BCUT2D eigenvalue weighted by molar-refractivity contribution is -0.461. The van der Waals surface area contributed by atoms with Gasteiger partial charge in [-0.15, -0.1) is 0 Å². The Bertz CT molecular complexity index is 2400. The van der Waals surface area contributed by atoms with Gasteiger partial charge in [0.1, 0.15) is 20.6 Å². The number of hydrogen-bond acceptors (Lipinski definition) is 5. The smallest absolute Gasteiger partial charge is 0.460 e. The van der Waals surface area contributed by atoms with Gasteiger partial charge < -0.3 is 28.5 Å². The van der Waals surface area contributed by atoms with Crippen LogP contribution in [0.3, 0.4) is 0 Å². The van der Waals surface area contributed by atoms with Crippen molar-refractivity contribution in [2.24, 2.45) is 10.8 Å². The molecule has 0 aromatic rings. The molecular formula is C43H52F34N2O5Si2.